The molecular weight excluding hydrogens is 829 g/mol. The summed E-state index contributed by atoms with van der Waals surface area (Å²) < 4.78 is 12.0. The van der Waals surface area contributed by atoms with Crippen molar-refractivity contribution in [3.63, 3.8) is 0 Å². The third-order valence-electron chi connectivity index (χ3n) is 11.0. The van der Waals surface area contributed by atoms with Crippen molar-refractivity contribution < 1.29 is 28.7 Å². The van der Waals surface area contributed by atoms with E-state index in [1.807, 2.05) is 89.5 Å². The summed E-state index contributed by atoms with van der Waals surface area (Å²) in [6, 6.07) is 14.2. The molecule has 0 aliphatic carbocycles. The highest BCUT2D eigenvalue weighted by atomic mass is 33.1. The van der Waals surface area contributed by atoms with Gasteiger partial charge in [0.25, 0.3) is 5.91 Å². The molecule has 2 aromatic heterocycles. The molecule has 2 unspecified atom stereocenters. The van der Waals surface area contributed by atoms with E-state index >= 15 is 0 Å². The van der Waals surface area contributed by atoms with Gasteiger partial charge in [0.2, 0.25) is 11.8 Å². The molecule has 1 fully saturated rings. The fraction of sp³-hybridized carbons (Fsp3) is 0.565. The Hall–Kier alpha value is -3.76. The van der Waals surface area contributed by atoms with E-state index in [-0.39, 0.29) is 60.4 Å². The molecule has 6 atom stereocenters. The van der Waals surface area contributed by atoms with Gasteiger partial charge in [-0.15, -0.1) is 11.3 Å². The van der Waals surface area contributed by atoms with E-state index in [0.717, 1.165) is 49.2 Å². The normalized spacial score (nSPS) is 17.2. The largest absolute Gasteiger partial charge is 0.465 e. The maximum absolute atomic E-state index is 14.3. The van der Waals surface area contributed by atoms with Gasteiger partial charge < -0.3 is 25.0 Å². The van der Waals surface area contributed by atoms with Crippen LogP contribution < -0.4 is 10.6 Å². The van der Waals surface area contributed by atoms with Gasteiger partial charge in [-0.1, -0.05) is 102 Å². The number of hydrogen-bond donors (Lipinski definition) is 2. The SMILES string of the molecule is CCCO[C@H](CC(C(C)C)N(C)C(=O)[C@@H](NC(=O)[C@H]1CCCCN1C)C(C)CC)c1nc(C(=O)N/C(=C/c2ccccc2)C[C@H](C)C(=O)OCCSSc2ccccn2)cs1. The summed E-state index contributed by atoms with van der Waals surface area (Å²) in [5, 5.41) is 9.44. The minimum absolute atomic E-state index is 0.0609. The molecule has 12 nitrogen and oxygen atoms in total. The van der Waals surface area contributed by atoms with Gasteiger partial charge in [0.05, 0.1) is 12.0 Å². The molecule has 1 aliphatic heterocycles. The molecule has 1 saturated heterocycles. The van der Waals surface area contributed by atoms with Gasteiger partial charge in [-0.05, 0) is 79.3 Å². The van der Waals surface area contributed by atoms with Crippen molar-refractivity contribution in [2.45, 2.75) is 116 Å². The Morgan fingerprint density at radius 1 is 1.03 bits per heavy atom. The number of hydrogen-bond acceptors (Lipinski definition) is 12. The summed E-state index contributed by atoms with van der Waals surface area (Å²) in [6.45, 7) is 13.7. The molecule has 334 valence electrons. The van der Waals surface area contributed by atoms with Crippen molar-refractivity contribution in [3.05, 3.63) is 82.1 Å². The fourth-order valence-electron chi connectivity index (χ4n) is 7.20. The molecule has 0 spiro atoms. The Balaban J connectivity index is 1.45. The molecule has 4 rings (SSSR count). The number of benzene rings is 1. The van der Waals surface area contributed by atoms with Gasteiger partial charge in [0, 0.05) is 55.6 Å². The van der Waals surface area contributed by atoms with Crippen LogP contribution in [0.15, 0.2) is 70.8 Å². The third-order valence-corrected chi connectivity index (χ3v) is 14.2. The molecule has 2 N–H and O–H groups in total. The minimum Gasteiger partial charge on any atom is -0.465 e. The van der Waals surface area contributed by atoms with E-state index < -0.39 is 24.0 Å². The second-order valence-corrected chi connectivity index (χ2v) is 19.5. The zero-order valence-electron chi connectivity index (χ0n) is 37.1. The molecule has 3 aromatic rings. The Morgan fingerprint density at radius 3 is 2.46 bits per heavy atom. The van der Waals surface area contributed by atoms with E-state index in [0.29, 0.717) is 29.5 Å². The first-order valence-corrected chi connectivity index (χ1v) is 24.8. The van der Waals surface area contributed by atoms with Gasteiger partial charge in [0.15, 0.2) is 0 Å². The number of pyridine rings is 1. The van der Waals surface area contributed by atoms with Crippen molar-refractivity contribution >= 4 is 62.7 Å². The molecule has 15 heteroatoms. The molecule has 1 aliphatic rings. The number of nitrogens with zero attached hydrogens (tertiary/aromatic N) is 4. The van der Waals surface area contributed by atoms with Crippen molar-refractivity contribution in [2.75, 3.05) is 39.6 Å². The number of thiazole rings is 1. The number of carbonyl (C=O) groups is 4. The van der Waals surface area contributed by atoms with Crippen molar-refractivity contribution in [3.8, 4) is 0 Å². The lowest BCUT2D eigenvalue weighted by molar-refractivity contribution is -0.147. The molecule has 0 bridgehead atoms. The Labute approximate surface area is 375 Å². The lowest BCUT2D eigenvalue weighted by Gasteiger charge is -2.38. The third kappa shape index (κ3) is 15.8. The van der Waals surface area contributed by atoms with Crippen LogP contribution in [-0.2, 0) is 23.9 Å². The van der Waals surface area contributed by atoms with Gasteiger partial charge in [-0.2, -0.15) is 0 Å². The Morgan fingerprint density at radius 2 is 1.79 bits per heavy atom. The number of aromatic nitrogens is 2. The first-order chi connectivity index (χ1) is 29.3. The lowest BCUT2D eigenvalue weighted by Crippen LogP contribution is -2.58. The van der Waals surface area contributed by atoms with Crippen LogP contribution >= 0.6 is 32.9 Å². The van der Waals surface area contributed by atoms with E-state index in [2.05, 4.69) is 34.4 Å². The zero-order chi connectivity index (χ0) is 44.3. The number of esters is 1. The van der Waals surface area contributed by atoms with Gasteiger partial charge in [-0.3, -0.25) is 24.1 Å². The molecule has 61 heavy (non-hydrogen) atoms. The second-order valence-electron chi connectivity index (χ2n) is 16.2. The molecule has 3 heterocycles. The van der Waals surface area contributed by atoms with Crippen LogP contribution in [0.2, 0.25) is 0 Å². The number of piperidine rings is 1. The van der Waals surface area contributed by atoms with E-state index in [1.165, 1.54) is 22.1 Å². The number of rotatable bonds is 24. The molecule has 1 aromatic carbocycles. The minimum atomic E-state index is -0.659. The Bertz CT molecular complexity index is 1850. The summed E-state index contributed by atoms with van der Waals surface area (Å²) in [5.74, 6) is -0.867. The highest BCUT2D eigenvalue weighted by Crippen LogP contribution is 2.32. The van der Waals surface area contributed by atoms with Crippen molar-refractivity contribution in [2.24, 2.45) is 17.8 Å². The number of nitrogens with one attached hydrogen (secondary N) is 2. The fourth-order valence-corrected chi connectivity index (χ4v) is 9.76. The van der Waals surface area contributed by atoms with Crippen LogP contribution in [0.5, 0.6) is 0 Å². The molecule has 0 saturated carbocycles. The number of amides is 3. The number of allylic oxidation sites excluding steroid dienone is 1. The first-order valence-electron chi connectivity index (χ1n) is 21.6. The lowest BCUT2D eigenvalue weighted by atomic mass is 9.92. The maximum Gasteiger partial charge on any atom is 0.309 e. The zero-order valence-corrected chi connectivity index (χ0v) is 39.6. The van der Waals surface area contributed by atoms with E-state index in [4.69, 9.17) is 14.5 Å². The quantitative estimate of drug-likeness (QED) is 0.0507. The molecular formula is C46H66N6O6S3. The average molecular weight is 895 g/mol. The van der Waals surface area contributed by atoms with Gasteiger partial charge >= 0.3 is 5.97 Å². The smallest absolute Gasteiger partial charge is 0.309 e. The summed E-state index contributed by atoms with van der Waals surface area (Å²) in [6.07, 6.45) is 8.21. The summed E-state index contributed by atoms with van der Waals surface area (Å²) in [7, 11) is 6.89. The highest BCUT2D eigenvalue weighted by Gasteiger charge is 2.37. The summed E-state index contributed by atoms with van der Waals surface area (Å²) >= 11 is 1.35. The number of ether oxygens (including phenoxy) is 2. The topological polar surface area (TPSA) is 143 Å². The summed E-state index contributed by atoms with van der Waals surface area (Å²) in [4.78, 5) is 67.8. The van der Waals surface area contributed by atoms with Crippen LogP contribution in [0.3, 0.4) is 0 Å². The predicted octanol–water partition coefficient (Wildman–Crippen LogP) is 8.67. The van der Waals surface area contributed by atoms with E-state index in [9.17, 15) is 19.2 Å². The second kappa shape index (κ2) is 26.0. The van der Waals surface area contributed by atoms with Crippen LogP contribution in [0.4, 0.5) is 0 Å². The highest BCUT2D eigenvalue weighted by molar-refractivity contribution is 8.76. The monoisotopic (exact) mass is 894 g/mol. The standard InChI is InChI=1S/C46H66N6O6S3/c1-9-24-57-39(29-38(31(3)4)52(8)45(55)41(32(5)10-2)50-43(54)37-20-15-17-23-51(37)7)44-49-36(30-59-44)42(53)48-35(28-34-18-12-11-13-19-34)27-33(6)46(56)58-25-26-60-61-40-21-14-16-22-47-40/h11-14,16,18-19,21-22,28,30-33,37-39,41H,9-10,15,17,20,23-27,29H2,1-8H3,(H,48,53)(H,50,54)/b35-28+/t32?,33-,37+,38?,39+,41-/m0/s1. The van der Waals surface area contributed by atoms with Crippen LogP contribution in [0, 0.1) is 17.8 Å². The van der Waals surface area contributed by atoms with Crippen LogP contribution in [-0.4, -0.2) is 101 Å². The number of likely N-dealkylation sites (tertiary alicyclic amines) is 1. The van der Waals surface area contributed by atoms with E-state index in [1.54, 1.807) is 34.2 Å². The maximum atomic E-state index is 14.3. The number of carbonyl (C=O) groups excluding carboxylic acids is 4. The first kappa shape index (κ1) is 49.9. The van der Waals surface area contributed by atoms with Crippen LogP contribution in [0.25, 0.3) is 6.08 Å². The number of likely N-dealkylation sites (N-methyl/N-ethyl adjacent to an activating group) is 2. The van der Waals surface area contributed by atoms with Gasteiger partial charge in [0.1, 0.15) is 34.5 Å². The van der Waals surface area contributed by atoms with Crippen molar-refractivity contribution in [1.82, 2.24) is 30.4 Å². The predicted molar refractivity (Wildman–Crippen MR) is 248 cm³/mol. The van der Waals surface area contributed by atoms with Crippen LogP contribution in [0.1, 0.15) is 114 Å². The molecule has 0 radical (unpaired) electrons. The van der Waals surface area contributed by atoms with Gasteiger partial charge in [-0.25, -0.2) is 9.97 Å². The average Bonchev–Trinajstić information content (AvgIpc) is 3.76. The van der Waals surface area contributed by atoms with Crippen molar-refractivity contribution in [1.29, 1.82) is 0 Å². The summed E-state index contributed by atoms with van der Waals surface area (Å²) in [5.41, 5.74) is 1.68. The molecule has 3 amide bonds. The Kier molecular flexibility index (Phi) is 21.3.